The lowest BCUT2D eigenvalue weighted by Crippen LogP contribution is -2.17. The molecule has 4 aromatic rings. The van der Waals surface area contributed by atoms with Gasteiger partial charge in [0.1, 0.15) is 17.3 Å². The summed E-state index contributed by atoms with van der Waals surface area (Å²) < 4.78 is 21.1. The summed E-state index contributed by atoms with van der Waals surface area (Å²) in [6.45, 7) is 1.76. The Morgan fingerprint density at radius 1 is 1.20 bits per heavy atom. The lowest BCUT2D eigenvalue weighted by atomic mass is 10.2. The van der Waals surface area contributed by atoms with Gasteiger partial charge in [0.25, 0.3) is 5.22 Å². The van der Waals surface area contributed by atoms with Gasteiger partial charge >= 0.3 is 0 Å². The van der Waals surface area contributed by atoms with E-state index in [1.807, 2.05) is 6.07 Å². The summed E-state index contributed by atoms with van der Waals surface area (Å²) in [4.78, 5) is 12.4. The van der Waals surface area contributed by atoms with E-state index in [4.69, 9.17) is 16.0 Å². The molecule has 2 aromatic heterocycles. The fourth-order valence-corrected chi connectivity index (χ4v) is 3.49. The molecule has 0 atom stereocenters. The highest BCUT2D eigenvalue weighted by atomic mass is 35.5. The van der Waals surface area contributed by atoms with E-state index >= 15 is 0 Å². The van der Waals surface area contributed by atoms with E-state index in [0.717, 1.165) is 11.8 Å². The normalized spacial score (nSPS) is 10.9. The number of thioether (sulfide) groups is 1. The van der Waals surface area contributed by atoms with Gasteiger partial charge in [0, 0.05) is 6.07 Å². The average Bonchev–Trinajstić information content (AvgIpc) is 3.34. The second-order valence-electron chi connectivity index (χ2n) is 6.22. The Bertz CT molecular complexity index is 1210. The second-order valence-corrected chi connectivity index (χ2v) is 7.56. The van der Waals surface area contributed by atoms with Gasteiger partial charge in [0.2, 0.25) is 11.8 Å². The SMILES string of the molecule is Cc1cc(NC(=O)CSc2nnc(-c3ccccc3Cl)o2)n(-c2ccccc2F)n1. The number of hydrogen-bond donors (Lipinski definition) is 1. The summed E-state index contributed by atoms with van der Waals surface area (Å²) in [5, 5.41) is 15.6. The number of nitrogens with zero attached hydrogens (tertiary/aromatic N) is 4. The number of amides is 1. The minimum absolute atomic E-state index is 0.0195. The summed E-state index contributed by atoms with van der Waals surface area (Å²) in [5.41, 5.74) is 1.50. The number of carbonyl (C=O) groups excluding carboxylic acids is 1. The Morgan fingerprint density at radius 3 is 2.77 bits per heavy atom. The maximum absolute atomic E-state index is 14.1. The van der Waals surface area contributed by atoms with Gasteiger partial charge in [-0.15, -0.1) is 10.2 Å². The largest absolute Gasteiger partial charge is 0.411 e. The van der Waals surface area contributed by atoms with E-state index in [9.17, 15) is 9.18 Å². The van der Waals surface area contributed by atoms with Crippen LogP contribution in [0.3, 0.4) is 0 Å². The van der Waals surface area contributed by atoms with E-state index in [2.05, 4.69) is 20.6 Å². The first-order chi connectivity index (χ1) is 14.5. The zero-order chi connectivity index (χ0) is 21.1. The van der Waals surface area contributed by atoms with Gasteiger partial charge in [0.05, 0.1) is 22.0 Å². The van der Waals surface area contributed by atoms with Crippen LogP contribution in [0.2, 0.25) is 5.02 Å². The molecule has 0 unspecified atom stereocenters. The Hall–Kier alpha value is -3.17. The zero-order valence-electron chi connectivity index (χ0n) is 15.7. The van der Waals surface area contributed by atoms with Crippen LogP contribution in [-0.2, 0) is 4.79 Å². The Morgan fingerprint density at radius 2 is 1.97 bits per heavy atom. The van der Waals surface area contributed by atoms with Crippen molar-refractivity contribution in [3.05, 3.63) is 71.1 Å². The summed E-state index contributed by atoms with van der Waals surface area (Å²) in [5.74, 6) is -0.105. The number of rotatable bonds is 6. The van der Waals surface area contributed by atoms with Crippen molar-refractivity contribution in [2.24, 2.45) is 0 Å². The molecule has 1 amide bonds. The van der Waals surface area contributed by atoms with Crippen LogP contribution in [0.15, 0.2) is 64.2 Å². The van der Waals surface area contributed by atoms with Crippen LogP contribution >= 0.6 is 23.4 Å². The summed E-state index contributed by atoms with van der Waals surface area (Å²) >= 11 is 7.21. The van der Waals surface area contributed by atoms with Crippen molar-refractivity contribution < 1.29 is 13.6 Å². The van der Waals surface area contributed by atoms with E-state index < -0.39 is 5.82 Å². The van der Waals surface area contributed by atoms with E-state index in [0.29, 0.717) is 22.1 Å². The first-order valence-corrected chi connectivity index (χ1v) is 10.2. The molecule has 0 fully saturated rings. The minimum Gasteiger partial charge on any atom is -0.411 e. The molecule has 0 spiro atoms. The van der Waals surface area contributed by atoms with Crippen LogP contribution < -0.4 is 5.32 Å². The van der Waals surface area contributed by atoms with Crippen LogP contribution in [-0.4, -0.2) is 31.6 Å². The molecule has 0 radical (unpaired) electrons. The van der Waals surface area contributed by atoms with Crippen LogP contribution in [0.5, 0.6) is 0 Å². The minimum atomic E-state index is -0.441. The third-order valence-corrected chi connectivity index (χ3v) is 5.17. The lowest BCUT2D eigenvalue weighted by molar-refractivity contribution is -0.113. The van der Waals surface area contributed by atoms with Crippen LogP contribution in [0.1, 0.15) is 5.69 Å². The molecule has 4 rings (SSSR count). The smallest absolute Gasteiger partial charge is 0.277 e. The predicted molar refractivity (Wildman–Crippen MR) is 112 cm³/mol. The van der Waals surface area contributed by atoms with Crippen molar-refractivity contribution in [3.8, 4) is 17.1 Å². The summed E-state index contributed by atoms with van der Waals surface area (Å²) in [7, 11) is 0. The monoisotopic (exact) mass is 443 g/mol. The third kappa shape index (κ3) is 4.37. The highest BCUT2D eigenvalue weighted by molar-refractivity contribution is 7.99. The van der Waals surface area contributed by atoms with Gasteiger partial charge in [-0.1, -0.05) is 47.6 Å². The molecule has 0 saturated carbocycles. The molecular formula is C20H15ClFN5O2S. The highest BCUT2D eigenvalue weighted by Gasteiger charge is 2.16. The average molecular weight is 444 g/mol. The van der Waals surface area contributed by atoms with Crippen molar-refractivity contribution in [1.82, 2.24) is 20.0 Å². The molecule has 1 N–H and O–H groups in total. The molecule has 0 bridgehead atoms. The first kappa shape index (κ1) is 20.1. The van der Waals surface area contributed by atoms with Crippen molar-refractivity contribution >= 4 is 35.1 Å². The maximum atomic E-state index is 14.1. The van der Waals surface area contributed by atoms with Gasteiger partial charge in [-0.05, 0) is 31.2 Å². The molecule has 10 heteroatoms. The third-order valence-electron chi connectivity index (χ3n) is 4.02. The van der Waals surface area contributed by atoms with Crippen molar-refractivity contribution in [2.75, 3.05) is 11.1 Å². The molecule has 30 heavy (non-hydrogen) atoms. The number of halogens is 2. The molecule has 0 aliphatic carbocycles. The second kappa shape index (κ2) is 8.68. The number of carbonyl (C=O) groups is 1. The number of hydrogen-bond acceptors (Lipinski definition) is 6. The Labute approximate surface area is 180 Å². The molecule has 0 aliphatic heterocycles. The number of anilines is 1. The fraction of sp³-hybridized carbons (Fsp3) is 0.100. The number of aryl methyl sites for hydroxylation is 1. The molecule has 0 saturated heterocycles. The first-order valence-electron chi connectivity index (χ1n) is 8.84. The van der Waals surface area contributed by atoms with E-state index in [1.165, 1.54) is 10.7 Å². The molecular weight excluding hydrogens is 429 g/mol. The maximum Gasteiger partial charge on any atom is 0.277 e. The van der Waals surface area contributed by atoms with Crippen LogP contribution in [0, 0.1) is 12.7 Å². The zero-order valence-corrected chi connectivity index (χ0v) is 17.2. The molecule has 7 nitrogen and oxygen atoms in total. The number of para-hydroxylation sites is 1. The Kier molecular flexibility index (Phi) is 5.82. The summed E-state index contributed by atoms with van der Waals surface area (Å²) in [6.07, 6.45) is 0. The van der Waals surface area contributed by atoms with E-state index in [-0.39, 0.29) is 28.5 Å². The molecule has 0 aliphatic rings. The van der Waals surface area contributed by atoms with Crippen LogP contribution in [0.25, 0.3) is 17.1 Å². The number of nitrogens with one attached hydrogen (secondary N) is 1. The topological polar surface area (TPSA) is 85.8 Å². The number of aromatic nitrogens is 4. The van der Waals surface area contributed by atoms with Gasteiger partial charge in [-0.3, -0.25) is 4.79 Å². The fourth-order valence-electron chi connectivity index (χ4n) is 2.71. The van der Waals surface area contributed by atoms with Crippen molar-refractivity contribution in [1.29, 1.82) is 0 Å². The van der Waals surface area contributed by atoms with Crippen molar-refractivity contribution in [2.45, 2.75) is 12.1 Å². The summed E-state index contributed by atoms with van der Waals surface area (Å²) in [6, 6.07) is 15.0. The predicted octanol–water partition coefficient (Wildman–Crippen LogP) is 4.75. The van der Waals surface area contributed by atoms with Crippen molar-refractivity contribution in [3.63, 3.8) is 0 Å². The van der Waals surface area contributed by atoms with Crippen LogP contribution in [0.4, 0.5) is 10.2 Å². The van der Waals surface area contributed by atoms with E-state index in [1.54, 1.807) is 49.4 Å². The molecule has 2 aromatic carbocycles. The number of benzene rings is 2. The van der Waals surface area contributed by atoms with Gasteiger partial charge in [-0.2, -0.15) is 5.10 Å². The Balaban J connectivity index is 1.43. The standard InChI is InChI=1S/C20H15ClFN5O2S/c1-12-10-17(27(26-12)16-9-5-4-8-15(16)22)23-18(28)11-30-20-25-24-19(29-20)13-6-2-3-7-14(13)21/h2-10H,11H2,1H3,(H,23,28). The quantitative estimate of drug-likeness (QED) is 0.432. The lowest BCUT2D eigenvalue weighted by Gasteiger charge is -2.09. The molecule has 152 valence electrons. The highest BCUT2D eigenvalue weighted by Crippen LogP contribution is 2.28. The molecule has 2 heterocycles. The van der Waals surface area contributed by atoms with Gasteiger partial charge in [0.15, 0.2) is 0 Å². The van der Waals surface area contributed by atoms with Gasteiger partial charge < -0.3 is 9.73 Å². The van der Waals surface area contributed by atoms with Gasteiger partial charge in [-0.25, -0.2) is 9.07 Å².